The zero-order valence-electron chi connectivity index (χ0n) is 11.2. The summed E-state index contributed by atoms with van der Waals surface area (Å²) in [6.07, 6.45) is 3.65. The van der Waals surface area contributed by atoms with Crippen LogP contribution in [0.1, 0.15) is 40.0 Å². The van der Waals surface area contributed by atoms with Gasteiger partial charge in [0, 0.05) is 25.2 Å². The Bertz CT molecular complexity index is 175. The molecule has 16 heavy (non-hydrogen) atoms. The number of morpholine rings is 1. The molecule has 3 nitrogen and oxygen atoms in total. The highest BCUT2D eigenvalue weighted by molar-refractivity contribution is 4.81. The Labute approximate surface area is 101 Å². The van der Waals surface area contributed by atoms with Crippen LogP contribution in [0.4, 0.5) is 0 Å². The monoisotopic (exact) mass is 228 g/mol. The summed E-state index contributed by atoms with van der Waals surface area (Å²) in [5.41, 5.74) is 0. The first-order valence-corrected chi connectivity index (χ1v) is 6.87. The second-order valence-electron chi connectivity index (χ2n) is 4.64. The van der Waals surface area contributed by atoms with Crippen molar-refractivity contribution >= 4 is 0 Å². The van der Waals surface area contributed by atoms with Crippen molar-refractivity contribution in [3.05, 3.63) is 0 Å². The highest BCUT2D eigenvalue weighted by atomic mass is 16.5. The van der Waals surface area contributed by atoms with Crippen molar-refractivity contribution in [3.8, 4) is 0 Å². The maximum atomic E-state index is 5.56. The summed E-state index contributed by atoms with van der Waals surface area (Å²) in [4.78, 5) is 2.64. The first-order valence-electron chi connectivity index (χ1n) is 6.87. The van der Waals surface area contributed by atoms with Gasteiger partial charge in [0.25, 0.3) is 0 Å². The second kappa shape index (κ2) is 8.04. The summed E-state index contributed by atoms with van der Waals surface area (Å²) >= 11 is 0. The van der Waals surface area contributed by atoms with Crippen molar-refractivity contribution in [2.24, 2.45) is 0 Å². The van der Waals surface area contributed by atoms with E-state index in [0.29, 0.717) is 12.1 Å². The molecular weight excluding hydrogens is 200 g/mol. The number of ether oxygens (including phenoxy) is 1. The zero-order chi connectivity index (χ0) is 11.8. The van der Waals surface area contributed by atoms with Gasteiger partial charge in [-0.25, -0.2) is 0 Å². The van der Waals surface area contributed by atoms with Crippen LogP contribution in [-0.4, -0.2) is 49.8 Å². The predicted octanol–water partition coefficient (Wildman–Crippen LogP) is 1.88. The molecule has 96 valence electrons. The first kappa shape index (κ1) is 13.9. The van der Waals surface area contributed by atoms with Gasteiger partial charge >= 0.3 is 0 Å². The molecule has 0 bridgehead atoms. The fourth-order valence-corrected chi connectivity index (χ4v) is 2.44. The molecule has 2 unspecified atom stereocenters. The molecule has 0 spiro atoms. The third kappa shape index (κ3) is 4.04. The highest BCUT2D eigenvalue weighted by Gasteiger charge is 2.26. The highest BCUT2D eigenvalue weighted by Crippen LogP contribution is 2.15. The lowest BCUT2D eigenvalue weighted by Crippen LogP contribution is -2.53. The van der Waals surface area contributed by atoms with Gasteiger partial charge in [-0.1, -0.05) is 20.8 Å². The van der Waals surface area contributed by atoms with Crippen LogP contribution >= 0.6 is 0 Å². The third-order valence-electron chi connectivity index (χ3n) is 3.49. The van der Waals surface area contributed by atoms with Crippen LogP contribution in [0.15, 0.2) is 0 Å². The van der Waals surface area contributed by atoms with Gasteiger partial charge in [0.2, 0.25) is 0 Å². The maximum absolute atomic E-state index is 5.56. The number of nitrogens with zero attached hydrogens (tertiary/aromatic N) is 1. The smallest absolute Gasteiger partial charge is 0.0622 e. The topological polar surface area (TPSA) is 24.5 Å². The number of rotatable bonds is 7. The summed E-state index contributed by atoms with van der Waals surface area (Å²) < 4.78 is 5.56. The molecular formula is C13H28N2O. The van der Waals surface area contributed by atoms with E-state index in [9.17, 15) is 0 Å². The van der Waals surface area contributed by atoms with E-state index in [-0.39, 0.29) is 0 Å². The molecule has 1 saturated heterocycles. The quantitative estimate of drug-likeness (QED) is 0.673. The van der Waals surface area contributed by atoms with Crippen LogP contribution in [0, 0.1) is 0 Å². The van der Waals surface area contributed by atoms with E-state index < -0.39 is 0 Å². The molecule has 1 aliphatic rings. The van der Waals surface area contributed by atoms with Crippen LogP contribution in [0.3, 0.4) is 0 Å². The summed E-state index contributed by atoms with van der Waals surface area (Å²) in [7, 11) is 0. The van der Waals surface area contributed by atoms with Crippen molar-refractivity contribution in [2.45, 2.75) is 52.1 Å². The molecule has 0 aromatic carbocycles. The molecule has 3 heteroatoms. The lowest BCUT2D eigenvalue weighted by Gasteiger charge is -2.40. The van der Waals surface area contributed by atoms with E-state index >= 15 is 0 Å². The molecule has 0 radical (unpaired) electrons. The molecule has 1 heterocycles. The zero-order valence-corrected chi connectivity index (χ0v) is 11.2. The Kier molecular flexibility index (Phi) is 7.01. The normalized spacial score (nSPS) is 24.6. The van der Waals surface area contributed by atoms with Crippen molar-refractivity contribution in [1.82, 2.24) is 10.2 Å². The van der Waals surface area contributed by atoms with Gasteiger partial charge < -0.3 is 10.1 Å². The number of nitrogens with one attached hydrogen (secondary N) is 1. The first-order chi connectivity index (χ1) is 7.83. The molecule has 1 aliphatic heterocycles. The van der Waals surface area contributed by atoms with Crippen molar-refractivity contribution in [3.63, 3.8) is 0 Å². The Morgan fingerprint density at radius 3 is 2.81 bits per heavy atom. The van der Waals surface area contributed by atoms with Gasteiger partial charge in [0.1, 0.15) is 0 Å². The minimum Gasteiger partial charge on any atom is -0.378 e. The van der Waals surface area contributed by atoms with Gasteiger partial charge in [-0.2, -0.15) is 0 Å². The SMILES string of the molecule is CCCNCC(CC)N1CCOCC1CC. The number of hydrogen-bond donors (Lipinski definition) is 1. The van der Waals surface area contributed by atoms with E-state index in [2.05, 4.69) is 31.0 Å². The number of hydrogen-bond acceptors (Lipinski definition) is 3. The minimum absolute atomic E-state index is 0.627. The van der Waals surface area contributed by atoms with Crippen molar-refractivity contribution in [2.75, 3.05) is 32.8 Å². The van der Waals surface area contributed by atoms with E-state index in [1.54, 1.807) is 0 Å². The van der Waals surface area contributed by atoms with E-state index in [0.717, 1.165) is 32.8 Å². The van der Waals surface area contributed by atoms with Gasteiger partial charge in [-0.15, -0.1) is 0 Å². The third-order valence-corrected chi connectivity index (χ3v) is 3.49. The Hall–Kier alpha value is -0.120. The maximum Gasteiger partial charge on any atom is 0.0622 e. The fourth-order valence-electron chi connectivity index (χ4n) is 2.44. The lowest BCUT2D eigenvalue weighted by atomic mass is 10.1. The Balaban J connectivity index is 2.41. The second-order valence-corrected chi connectivity index (χ2v) is 4.64. The fraction of sp³-hybridized carbons (Fsp3) is 1.00. The minimum atomic E-state index is 0.627. The summed E-state index contributed by atoms with van der Waals surface area (Å²) in [6, 6.07) is 1.31. The van der Waals surface area contributed by atoms with Gasteiger partial charge in [0.15, 0.2) is 0 Å². The molecule has 1 rings (SSSR count). The van der Waals surface area contributed by atoms with Gasteiger partial charge in [-0.05, 0) is 25.8 Å². The van der Waals surface area contributed by atoms with Crippen LogP contribution in [0.5, 0.6) is 0 Å². The van der Waals surface area contributed by atoms with Gasteiger partial charge in [-0.3, -0.25) is 4.90 Å². The predicted molar refractivity (Wildman–Crippen MR) is 68.8 cm³/mol. The molecule has 0 aliphatic carbocycles. The average molecular weight is 228 g/mol. The molecule has 1 fully saturated rings. The molecule has 0 aromatic heterocycles. The molecule has 0 amide bonds. The Morgan fingerprint density at radius 2 is 2.19 bits per heavy atom. The average Bonchev–Trinajstić information content (AvgIpc) is 2.35. The summed E-state index contributed by atoms with van der Waals surface area (Å²) in [5, 5.41) is 3.55. The van der Waals surface area contributed by atoms with E-state index in [1.165, 1.54) is 19.3 Å². The Morgan fingerprint density at radius 1 is 1.38 bits per heavy atom. The van der Waals surface area contributed by atoms with Gasteiger partial charge in [0.05, 0.1) is 13.2 Å². The van der Waals surface area contributed by atoms with Crippen LogP contribution in [0.25, 0.3) is 0 Å². The van der Waals surface area contributed by atoms with E-state index in [4.69, 9.17) is 4.74 Å². The van der Waals surface area contributed by atoms with E-state index in [1.807, 2.05) is 0 Å². The molecule has 2 atom stereocenters. The molecule has 0 saturated carbocycles. The lowest BCUT2D eigenvalue weighted by molar-refractivity contribution is -0.0304. The van der Waals surface area contributed by atoms with Crippen LogP contribution in [-0.2, 0) is 4.74 Å². The summed E-state index contributed by atoms with van der Waals surface area (Å²) in [5.74, 6) is 0. The van der Waals surface area contributed by atoms with Crippen LogP contribution in [0.2, 0.25) is 0 Å². The van der Waals surface area contributed by atoms with Crippen LogP contribution < -0.4 is 5.32 Å². The van der Waals surface area contributed by atoms with Crippen molar-refractivity contribution < 1.29 is 4.74 Å². The molecule has 1 N–H and O–H groups in total. The van der Waals surface area contributed by atoms with Crippen molar-refractivity contribution in [1.29, 1.82) is 0 Å². The largest absolute Gasteiger partial charge is 0.378 e. The summed E-state index contributed by atoms with van der Waals surface area (Å²) in [6.45, 7) is 12.0. The molecule has 0 aromatic rings. The standard InChI is InChI=1S/C13H28N2O/c1-4-7-14-10-12(5-2)15-8-9-16-11-13(15)6-3/h12-14H,4-11H2,1-3H3.